The number of carbonyl (C=O) groups is 1. The van der Waals surface area contributed by atoms with Gasteiger partial charge in [0, 0.05) is 11.8 Å². The second kappa shape index (κ2) is 8.82. The maximum absolute atomic E-state index is 10.9. The van der Waals surface area contributed by atoms with Gasteiger partial charge in [0.1, 0.15) is 6.10 Å². The van der Waals surface area contributed by atoms with E-state index in [1.54, 1.807) is 11.8 Å². The van der Waals surface area contributed by atoms with E-state index in [9.17, 15) is 9.90 Å². The smallest absolute Gasteiger partial charge is 0.302 e. The molecule has 0 amide bonds. The Kier molecular flexibility index (Phi) is 7.41. The summed E-state index contributed by atoms with van der Waals surface area (Å²) in [6.07, 6.45) is 0.779. The lowest BCUT2D eigenvalue weighted by Crippen LogP contribution is -2.30. The first-order chi connectivity index (χ1) is 9.52. The first kappa shape index (κ1) is 16.8. The highest BCUT2D eigenvalue weighted by Gasteiger charge is 2.20. The highest BCUT2D eigenvalue weighted by Crippen LogP contribution is 2.28. The van der Waals surface area contributed by atoms with Crippen LogP contribution < -0.4 is 0 Å². The van der Waals surface area contributed by atoms with Crippen molar-refractivity contribution in [2.45, 2.75) is 50.2 Å². The molecule has 0 unspecified atom stereocenters. The van der Waals surface area contributed by atoms with E-state index in [-0.39, 0.29) is 5.97 Å². The van der Waals surface area contributed by atoms with E-state index in [1.807, 2.05) is 37.3 Å². The molecule has 3 nitrogen and oxygen atoms in total. The Balaban J connectivity index is 2.37. The maximum atomic E-state index is 10.9. The highest BCUT2D eigenvalue weighted by atomic mass is 32.2. The van der Waals surface area contributed by atoms with Gasteiger partial charge < -0.3 is 9.84 Å². The van der Waals surface area contributed by atoms with E-state index in [2.05, 4.69) is 6.58 Å². The number of hydrogen-bond donors (Lipinski definition) is 1. The van der Waals surface area contributed by atoms with Crippen molar-refractivity contribution in [1.82, 2.24) is 0 Å². The molecular weight excluding hydrogens is 272 g/mol. The largest absolute Gasteiger partial charge is 0.460 e. The van der Waals surface area contributed by atoms with Crippen molar-refractivity contribution in [3.05, 3.63) is 41.8 Å². The number of thioether (sulfide) groups is 1. The van der Waals surface area contributed by atoms with E-state index in [0.29, 0.717) is 19.3 Å². The third kappa shape index (κ3) is 6.26. The van der Waals surface area contributed by atoms with Crippen molar-refractivity contribution in [3.63, 3.8) is 0 Å². The number of ether oxygens (including phenoxy) is 1. The monoisotopic (exact) mass is 294 g/mol. The Hall–Kier alpha value is -1.26. The molecule has 0 aliphatic heterocycles. The summed E-state index contributed by atoms with van der Waals surface area (Å²) in [4.78, 5) is 13.1. The van der Waals surface area contributed by atoms with Gasteiger partial charge >= 0.3 is 5.97 Å². The number of aliphatic hydroxyl groups excluding tert-OH is 1. The Morgan fingerprint density at radius 2 is 2.05 bits per heavy atom. The molecule has 0 heterocycles. The zero-order valence-electron chi connectivity index (χ0n) is 12.0. The van der Waals surface area contributed by atoms with Crippen molar-refractivity contribution in [3.8, 4) is 0 Å². The summed E-state index contributed by atoms with van der Waals surface area (Å²) >= 11 is 1.61. The van der Waals surface area contributed by atoms with Crippen LogP contribution in [0.3, 0.4) is 0 Å². The Morgan fingerprint density at radius 1 is 1.40 bits per heavy atom. The van der Waals surface area contributed by atoms with Gasteiger partial charge in [-0.2, -0.15) is 0 Å². The van der Waals surface area contributed by atoms with Crippen molar-refractivity contribution in [2.75, 3.05) is 0 Å². The molecule has 0 aliphatic rings. The van der Waals surface area contributed by atoms with Gasteiger partial charge in [0.15, 0.2) is 0 Å². The van der Waals surface area contributed by atoms with Gasteiger partial charge in [-0.05, 0) is 36.3 Å². The number of aliphatic hydroxyl groups is 1. The predicted molar refractivity (Wildman–Crippen MR) is 82.5 cm³/mol. The molecule has 0 aliphatic carbocycles. The van der Waals surface area contributed by atoms with E-state index in [0.717, 1.165) is 9.80 Å². The molecule has 1 rings (SSSR count). The van der Waals surface area contributed by atoms with Gasteiger partial charge in [-0.25, -0.2) is 0 Å². The minimum absolute atomic E-state index is 0.353. The molecule has 0 radical (unpaired) electrons. The molecule has 2 atom stereocenters. The first-order valence-corrected chi connectivity index (χ1v) is 7.60. The Morgan fingerprint density at radius 3 is 2.60 bits per heavy atom. The molecule has 20 heavy (non-hydrogen) atoms. The molecule has 0 saturated carbocycles. The summed E-state index contributed by atoms with van der Waals surface area (Å²) in [5, 5.41) is 10.0. The molecular formula is C16H22O3S. The van der Waals surface area contributed by atoms with E-state index >= 15 is 0 Å². The van der Waals surface area contributed by atoms with Crippen LogP contribution in [0, 0.1) is 0 Å². The summed E-state index contributed by atoms with van der Waals surface area (Å²) < 4.78 is 5.09. The van der Waals surface area contributed by atoms with Crippen LogP contribution in [0.5, 0.6) is 0 Å². The summed E-state index contributed by atoms with van der Waals surface area (Å²) in [7, 11) is 0. The van der Waals surface area contributed by atoms with Crippen LogP contribution in [0.4, 0.5) is 0 Å². The highest BCUT2D eigenvalue weighted by molar-refractivity contribution is 8.03. The van der Waals surface area contributed by atoms with Gasteiger partial charge in [-0.15, -0.1) is 0 Å². The topological polar surface area (TPSA) is 46.5 Å². The number of rotatable bonds is 8. The lowest BCUT2D eigenvalue weighted by molar-refractivity contribution is -0.152. The van der Waals surface area contributed by atoms with E-state index in [1.165, 1.54) is 6.92 Å². The minimum Gasteiger partial charge on any atom is -0.460 e. The van der Waals surface area contributed by atoms with Crippen molar-refractivity contribution in [2.24, 2.45) is 0 Å². The van der Waals surface area contributed by atoms with Gasteiger partial charge in [0.25, 0.3) is 0 Å². The van der Waals surface area contributed by atoms with Crippen molar-refractivity contribution < 1.29 is 14.6 Å². The molecule has 0 aromatic heterocycles. The number of allylic oxidation sites excluding steroid dienone is 1. The van der Waals surface area contributed by atoms with Crippen LogP contribution in [0.2, 0.25) is 0 Å². The predicted octanol–water partition coefficient (Wildman–Crippen LogP) is 3.78. The van der Waals surface area contributed by atoms with Gasteiger partial charge in [0.05, 0.1) is 6.10 Å². The van der Waals surface area contributed by atoms with Crippen LogP contribution >= 0.6 is 11.8 Å². The average molecular weight is 294 g/mol. The fourth-order valence-electron chi connectivity index (χ4n) is 1.85. The molecule has 1 N–H and O–H groups in total. The van der Waals surface area contributed by atoms with Crippen LogP contribution in [0.15, 0.2) is 46.7 Å². The number of esters is 1. The molecule has 0 spiro atoms. The quantitative estimate of drug-likeness (QED) is 0.585. The SMILES string of the molecule is C=C(CC[C@@H](O)[C@@H](CC)OC(C)=O)Sc1ccccc1. The molecule has 4 heteroatoms. The van der Waals surface area contributed by atoms with E-state index in [4.69, 9.17) is 4.74 Å². The molecule has 1 aromatic rings. The summed E-state index contributed by atoms with van der Waals surface area (Å²) in [6, 6.07) is 10.00. The minimum atomic E-state index is -0.642. The number of carbonyl (C=O) groups excluding carboxylic acids is 1. The number of benzene rings is 1. The van der Waals surface area contributed by atoms with Crippen LogP contribution in [-0.2, 0) is 9.53 Å². The summed E-state index contributed by atoms with van der Waals surface area (Å²) in [6.45, 7) is 7.27. The second-order valence-corrected chi connectivity index (χ2v) is 5.87. The Bertz CT molecular complexity index is 431. The molecule has 0 saturated heterocycles. The van der Waals surface area contributed by atoms with Gasteiger partial charge in [-0.3, -0.25) is 4.79 Å². The summed E-state index contributed by atoms with van der Waals surface area (Å²) in [5.41, 5.74) is 0. The molecule has 0 bridgehead atoms. The average Bonchev–Trinajstić information content (AvgIpc) is 2.43. The second-order valence-electron chi connectivity index (χ2n) is 4.62. The third-order valence-corrected chi connectivity index (χ3v) is 3.87. The Labute approximate surface area is 125 Å². The maximum Gasteiger partial charge on any atom is 0.302 e. The lowest BCUT2D eigenvalue weighted by atomic mass is 10.1. The van der Waals surface area contributed by atoms with Gasteiger partial charge in [-0.1, -0.05) is 43.5 Å². The summed E-state index contributed by atoms with van der Waals surface area (Å²) in [5.74, 6) is -0.353. The lowest BCUT2D eigenvalue weighted by Gasteiger charge is -2.21. The molecule has 110 valence electrons. The zero-order valence-corrected chi connectivity index (χ0v) is 12.9. The first-order valence-electron chi connectivity index (χ1n) is 6.79. The van der Waals surface area contributed by atoms with Crippen LogP contribution in [-0.4, -0.2) is 23.3 Å². The number of hydrogen-bond acceptors (Lipinski definition) is 4. The van der Waals surface area contributed by atoms with Crippen molar-refractivity contribution in [1.29, 1.82) is 0 Å². The van der Waals surface area contributed by atoms with E-state index < -0.39 is 12.2 Å². The standard InChI is InChI=1S/C16H22O3S/c1-4-16(19-13(3)17)15(18)11-10-12(2)20-14-8-6-5-7-9-14/h5-9,15-16,18H,2,4,10-11H2,1,3H3/t15-,16-/m1/s1. The normalized spacial score (nSPS) is 13.6. The fourth-order valence-corrected chi connectivity index (χ4v) is 2.69. The van der Waals surface area contributed by atoms with Crippen LogP contribution in [0.25, 0.3) is 0 Å². The van der Waals surface area contributed by atoms with Crippen molar-refractivity contribution >= 4 is 17.7 Å². The molecule has 0 fully saturated rings. The molecule has 1 aromatic carbocycles. The zero-order chi connectivity index (χ0) is 15.0. The fraction of sp³-hybridized carbons (Fsp3) is 0.438. The van der Waals surface area contributed by atoms with Crippen LogP contribution in [0.1, 0.15) is 33.1 Å². The van der Waals surface area contributed by atoms with Gasteiger partial charge in [0.2, 0.25) is 0 Å². The third-order valence-electron chi connectivity index (χ3n) is 2.87.